The van der Waals surface area contributed by atoms with E-state index in [0.29, 0.717) is 0 Å². The van der Waals surface area contributed by atoms with Crippen LogP contribution in [0.15, 0.2) is 0 Å². The van der Waals surface area contributed by atoms with E-state index in [1.807, 2.05) is 0 Å². The van der Waals surface area contributed by atoms with Crippen LogP contribution in [0.5, 0.6) is 0 Å². The summed E-state index contributed by atoms with van der Waals surface area (Å²) in [4.78, 5) is 3.47. The molecule has 0 saturated carbocycles. The summed E-state index contributed by atoms with van der Waals surface area (Å²) in [6.07, 6.45) is 0. The molecular formula is C7H19NSi. The van der Waals surface area contributed by atoms with Gasteiger partial charge >= 0.3 is 0 Å². The molecule has 0 aliphatic carbocycles. The van der Waals surface area contributed by atoms with Crippen molar-refractivity contribution in [2.24, 2.45) is 0 Å². The number of hydrogen-bond acceptors (Lipinski definition) is 1. The Morgan fingerprint density at radius 3 is 1.89 bits per heavy atom. The quantitative estimate of drug-likeness (QED) is 0.600. The maximum Gasteiger partial charge on any atom is 0.124 e. The summed E-state index contributed by atoms with van der Waals surface area (Å²) in [5.41, 5.74) is 0.854. The van der Waals surface area contributed by atoms with Crippen LogP contribution >= 0.6 is 0 Å². The molecule has 0 saturated heterocycles. The standard InChI is InChI=1S/C7H19NSi/c1-6-9(5,8-4)7(2)3/h7-8H,6H2,1-5H3. The van der Waals surface area contributed by atoms with Gasteiger partial charge in [-0.25, -0.2) is 0 Å². The first-order valence-corrected chi connectivity index (χ1v) is 6.54. The second-order valence-electron chi connectivity index (χ2n) is 3.18. The van der Waals surface area contributed by atoms with E-state index < -0.39 is 8.24 Å². The third-order valence-corrected chi connectivity index (χ3v) is 7.74. The second-order valence-corrected chi connectivity index (χ2v) is 8.37. The minimum Gasteiger partial charge on any atom is -0.340 e. The minimum absolute atomic E-state index is 0.854. The Morgan fingerprint density at radius 2 is 1.89 bits per heavy atom. The summed E-state index contributed by atoms with van der Waals surface area (Å²) < 4.78 is 0. The predicted octanol–water partition coefficient (Wildman–Crippen LogP) is 2.21. The highest BCUT2D eigenvalue weighted by atomic mass is 28.3. The summed E-state index contributed by atoms with van der Waals surface area (Å²) in [5.74, 6) is 0. The van der Waals surface area contributed by atoms with Gasteiger partial charge in [0, 0.05) is 0 Å². The van der Waals surface area contributed by atoms with Crippen molar-refractivity contribution in [2.45, 2.75) is 38.9 Å². The minimum atomic E-state index is -1.02. The molecule has 2 heteroatoms. The molecule has 0 aromatic carbocycles. The summed E-state index contributed by atoms with van der Waals surface area (Å²) in [6, 6.07) is 1.33. The van der Waals surface area contributed by atoms with E-state index in [1.165, 1.54) is 6.04 Å². The average Bonchev–Trinajstić information content (AvgIpc) is 1.86. The zero-order valence-electron chi connectivity index (χ0n) is 7.28. The van der Waals surface area contributed by atoms with E-state index in [9.17, 15) is 0 Å². The predicted molar refractivity (Wildman–Crippen MR) is 46.3 cm³/mol. The highest BCUT2D eigenvalue weighted by Gasteiger charge is 2.26. The van der Waals surface area contributed by atoms with E-state index >= 15 is 0 Å². The largest absolute Gasteiger partial charge is 0.340 e. The van der Waals surface area contributed by atoms with Crippen molar-refractivity contribution in [3.05, 3.63) is 0 Å². The average molecular weight is 145 g/mol. The normalized spacial score (nSPS) is 18.0. The lowest BCUT2D eigenvalue weighted by molar-refractivity contribution is 0.922. The summed E-state index contributed by atoms with van der Waals surface area (Å²) in [6.45, 7) is 9.30. The van der Waals surface area contributed by atoms with Gasteiger partial charge in [-0.2, -0.15) is 0 Å². The van der Waals surface area contributed by atoms with Gasteiger partial charge in [0.25, 0.3) is 0 Å². The van der Waals surface area contributed by atoms with Crippen LogP contribution in [0.4, 0.5) is 0 Å². The number of hydrogen-bond donors (Lipinski definition) is 1. The summed E-state index contributed by atoms with van der Waals surface area (Å²) in [5, 5.41) is 0. The van der Waals surface area contributed by atoms with Crippen molar-refractivity contribution in [2.75, 3.05) is 7.05 Å². The molecule has 1 unspecified atom stereocenters. The Hall–Kier alpha value is 0.177. The lowest BCUT2D eigenvalue weighted by Crippen LogP contribution is -2.47. The zero-order chi connectivity index (χ0) is 7.49. The third-order valence-electron chi connectivity index (χ3n) is 2.58. The van der Waals surface area contributed by atoms with Crippen molar-refractivity contribution >= 4 is 8.24 Å². The number of nitrogens with one attached hydrogen (secondary N) is 1. The fraction of sp³-hybridized carbons (Fsp3) is 1.00. The van der Waals surface area contributed by atoms with Crippen molar-refractivity contribution in [1.29, 1.82) is 0 Å². The van der Waals surface area contributed by atoms with Crippen LogP contribution in [0.25, 0.3) is 0 Å². The van der Waals surface area contributed by atoms with Gasteiger partial charge in [0.1, 0.15) is 8.24 Å². The van der Waals surface area contributed by atoms with Gasteiger partial charge in [-0.1, -0.05) is 27.3 Å². The molecule has 1 N–H and O–H groups in total. The maximum absolute atomic E-state index is 3.47. The van der Waals surface area contributed by atoms with Gasteiger partial charge in [-0.15, -0.1) is 0 Å². The molecule has 0 amide bonds. The van der Waals surface area contributed by atoms with Gasteiger partial charge in [-0.3, -0.25) is 0 Å². The van der Waals surface area contributed by atoms with Crippen molar-refractivity contribution in [3.8, 4) is 0 Å². The monoisotopic (exact) mass is 145 g/mol. The Kier molecular flexibility index (Phi) is 3.44. The highest BCUT2D eigenvalue weighted by molar-refractivity contribution is 6.77. The molecule has 0 aliphatic rings. The van der Waals surface area contributed by atoms with Crippen LogP contribution in [0, 0.1) is 0 Å². The summed E-state index contributed by atoms with van der Waals surface area (Å²) >= 11 is 0. The first-order valence-electron chi connectivity index (χ1n) is 3.75. The number of rotatable bonds is 3. The van der Waals surface area contributed by atoms with E-state index in [0.717, 1.165) is 5.54 Å². The van der Waals surface area contributed by atoms with E-state index in [-0.39, 0.29) is 0 Å². The van der Waals surface area contributed by atoms with E-state index in [1.54, 1.807) is 0 Å². The molecule has 0 spiro atoms. The van der Waals surface area contributed by atoms with Crippen LogP contribution in [-0.4, -0.2) is 15.3 Å². The first kappa shape index (κ1) is 9.18. The maximum atomic E-state index is 3.47. The van der Waals surface area contributed by atoms with Crippen LogP contribution in [-0.2, 0) is 0 Å². The SMILES string of the molecule is CC[Si](C)(NC)C(C)C. The Bertz CT molecular complexity index is 77.0. The van der Waals surface area contributed by atoms with Crippen LogP contribution in [0.3, 0.4) is 0 Å². The molecule has 0 fully saturated rings. The molecule has 0 aromatic heterocycles. The van der Waals surface area contributed by atoms with Gasteiger partial charge < -0.3 is 4.98 Å². The molecule has 0 aliphatic heterocycles. The third kappa shape index (κ3) is 2.10. The fourth-order valence-corrected chi connectivity index (χ4v) is 2.62. The highest BCUT2D eigenvalue weighted by Crippen LogP contribution is 2.20. The molecule has 56 valence electrons. The molecule has 0 bridgehead atoms. The Labute approximate surface area is 59.9 Å². The Morgan fingerprint density at radius 1 is 1.44 bits per heavy atom. The van der Waals surface area contributed by atoms with Gasteiger partial charge in [0.15, 0.2) is 0 Å². The first-order chi connectivity index (χ1) is 4.06. The summed E-state index contributed by atoms with van der Waals surface area (Å²) in [7, 11) is 1.07. The van der Waals surface area contributed by atoms with Crippen LogP contribution in [0.1, 0.15) is 20.8 Å². The molecule has 0 aromatic rings. The fourth-order valence-electron chi connectivity index (χ4n) is 0.874. The van der Waals surface area contributed by atoms with Crippen molar-refractivity contribution in [1.82, 2.24) is 4.98 Å². The molecular weight excluding hydrogens is 126 g/mol. The second kappa shape index (κ2) is 3.37. The molecule has 0 rings (SSSR count). The van der Waals surface area contributed by atoms with E-state index in [4.69, 9.17) is 0 Å². The van der Waals surface area contributed by atoms with Gasteiger partial charge in [0.2, 0.25) is 0 Å². The lowest BCUT2D eigenvalue weighted by atomic mass is 10.6. The van der Waals surface area contributed by atoms with E-state index in [2.05, 4.69) is 39.3 Å². The van der Waals surface area contributed by atoms with Crippen molar-refractivity contribution in [3.63, 3.8) is 0 Å². The molecule has 9 heavy (non-hydrogen) atoms. The molecule has 1 nitrogen and oxygen atoms in total. The smallest absolute Gasteiger partial charge is 0.124 e. The van der Waals surface area contributed by atoms with Gasteiger partial charge in [-0.05, 0) is 18.6 Å². The van der Waals surface area contributed by atoms with Crippen LogP contribution < -0.4 is 4.98 Å². The topological polar surface area (TPSA) is 12.0 Å². The molecule has 1 atom stereocenters. The zero-order valence-corrected chi connectivity index (χ0v) is 8.28. The molecule has 0 heterocycles. The Balaban J connectivity index is 3.92. The van der Waals surface area contributed by atoms with Gasteiger partial charge in [0.05, 0.1) is 0 Å². The lowest BCUT2D eigenvalue weighted by Gasteiger charge is -2.29. The van der Waals surface area contributed by atoms with Crippen LogP contribution in [0.2, 0.25) is 18.1 Å². The van der Waals surface area contributed by atoms with Crippen molar-refractivity contribution < 1.29 is 0 Å². The molecule has 0 radical (unpaired) electrons.